The van der Waals surface area contributed by atoms with Crippen LogP contribution in [0.5, 0.6) is 0 Å². The molecule has 1 fully saturated rings. The maximum absolute atomic E-state index is 13.5. The molecule has 0 saturated carbocycles. The lowest BCUT2D eigenvalue weighted by atomic mass is 10.00. The topological polar surface area (TPSA) is 84.4 Å². The number of hydrogen-bond donors (Lipinski definition) is 0. The number of hydrogen-bond acceptors (Lipinski definition) is 8. The Morgan fingerprint density at radius 2 is 2.00 bits per heavy atom. The van der Waals surface area contributed by atoms with Crippen LogP contribution in [0, 0.1) is 6.92 Å². The van der Waals surface area contributed by atoms with Crippen LogP contribution in [0.1, 0.15) is 52.5 Å². The highest BCUT2D eigenvalue weighted by molar-refractivity contribution is 5.94. The second-order valence-electron chi connectivity index (χ2n) is 9.50. The summed E-state index contributed by atoms with van der Waals surface area (Å²) >= 11 is 0. The van der Waals surface area contributed by atoms with Gasteiger partial charge in [-0.05, 0) is 68.0 Å². The van der Waals surface area contributed by atoms with E-state index in [1.807, 2.05) is 49.3 Å². The van der Waals surface area contributed by atoms with Crippen LogP contribution in [0.4, 0.5) is 5.69 Å². The van der Waals surface area contributed by atoms with Gasteiger partial charge in [-0.3, -0.25) is 14.6 Å². The SMILES string of the molecule is COC1=CC(OC=O)ON1[C@@H]1CCc2ccc(C(=O)N(C)C3CCN(c4ccnc(C)c4)CC3)cc21. The molecule has 5 rings (SSSR count). The minimum atomic E-state index is -0.820. The number of nitrogens with zero attached hydrogens (tertiary/aromatic N) is 4. The molecule has 2 atom stereocenters. The number of anilines is 1. The van der Waals surface area contributed by atoms with E-state index in [1.165, 1.54) is 11.3 Å². The Balaban J connectivity index is 1.27. The fraction of sp³-hybridized carbons (Fsp3) is 0.444. The van der Waals surface area contributed by atoms with Crippen molar-refractivity contribution in [2.75, 3.05) is 32.1 Å². The summed E-state index contributed by atoms with van der Waals surface area (Å²) in [5.74, 6) is 0.512. The number of benzene rings is 1. The predicted molar refractivity (Wildman–Crippen MR) is 133 cm³/mol. The van der Waals surface area contributed by atoms with Gasteiger partial charge in [0.05, 0.1) is 13.2 Å². The Bertz CT molecular complexity index is 1160. The van der Waals surface area contributed by atoms with Crippen LogP contribution in [0.25, 0.3) is 0 Å². The summed E-state index contributed by atoms with van der Waals surface area (Å²) in [6.45, 7) is 4.17. The van der Waals surface area contributed by atoms with E-state index >= 15 is 0 Å². The van der Waals surface area contributed by atoms with Crippen LogP contribution < -0.4 is 4.90 Å². The Hall–Kier alpha value is -3.59. The number of aromatic nitrogens is 1. The van der Waals surface area contributed by atoms with Gasteiger partial charge in [0.15, 0.2) is 0 Å². The van der Waals surface area contributed by atoms with Crippen molar-refractivity contribution < 1.29 is 23.9 Å². The van der Waals surface area contributed by atoms with E-state index in [1.54, 1.807) is 18.2 Å². The summed E-state index contributed by atoms with van der Waals surface area (Å²) in [6, 6.07) is 10.2. The largest absolute Gasteiger partial charge is 0.481 e. The highest BCUT2D eigenvalue weighted by Gasteiger charge is 2.37. The van der Waals surface area contributed by atoms with E-state index in [0.717, 1.165) is 50.0 Å². The van der Waals surface area contributed by atoms with E-state index in [4.69, 9.17) is 14.3 Å². The molecule has 3 heterocycles. The van der Waals surface area contributed by atoms with E-state index in [0.29, 0.717) is 17.9 Å². The number of fused-ring (bicyclic) bond motifs is 1. The zero-order chi connectivity index (χ0) is 25.2. The minimum Gasteiger partial charge on any atom is -0.481 e. The summed E-state index contributed by atoms with van der Waals surface area (Å²) in [4.78, 5) is 38.6. The van der Waals surface area contributed by atoms with Crippen molar-refractivity contribution in [2.45, 2.75) is 51.0 Å². The zero-order valence-corrected chi connectivity index (χ0v) is 20.9. The highest BCUT2D eigenvalue weighted by Crippen LogP contribution is 2.41. The zero-order valence-electron chi connectivity index (χ0n) is 20.9. The summed E-state index contributed by atoms with van der Waals surface area (Å²) in [7, 11) is 3.46. The number of amides is 1. The molecular weight excluding hydrogens is 460 g/mol. The molecule has 0 spiro atoms. The van der Waals surface area contributed by atoms with Gasteiger partial charge in [0.1, 0.15) is 0 Å². The molecule has 0 N–H and O–H groups in total. The number of methoxy groups -OCH3 is 1. The molecule has 2 aromatic rings. The molecule has 1 aliphatic carbocycles. The first kappa shape index (κ1) is 24.1. The number of rotatable bonds is 7. The first-order chi connectivity index (χ1) is 17.5. The van der Waals surface area contributed by atoms with Crippen LogP contribution in [0.2, 0.25) is 0 Å². The van der Waals surface area contributed by atoms with E-state index in [2.05, 4.69) is 16.0 Å². The van der Waals surface area contributed by atoms with Gasteiger partial charge in [-0.25, -0.2) is 9.90 Å². The number of carbonyl (C=O) groups is 2. The molecule has 1 aromatic heterocycles. The van der Waals surface area contributed by atoms with Gasteiger partial charge in [-0.15, -0.1) is 0 Å². The average molecular weight is 493 g/mol. The van der Waals surface area contributed by atoms with Crippen molar-refractivity contribution in [2.24, 2.45) is 0 Å². The number of carbonyl (C=O) groups excluding carboxylic acids is 2. The molecule has 0 bridgehead atoms. The second kappa shape index (κ2) is 10.2. The van der Waals surface area contributed by atoms with E-state index < -0.39 is 6.29 Å². The number of hydroxylamine groups is 2. The van der Waals surface area contributed by atoms with Crippen molar-refractivity contribution in [1.82, 2.24) is 14.9 Å². The standard InChI is InChI=1S/C27H32N4O5/c1-18-14-22(8-11-28-18)30-12-9-21(10-13-30)29(2)27(33)20-5-4-19-6-7-24(23(19)15-20)31-25(34-3)16-26(36-31)35-17-32/h4-5,8,11,14-17,21,24,26H,6-7,9-10,12-13H2,1-3H3/t24-,26?/m1/s1. The first-order valence-corrected chi connectivity index (χ1v) is 12.4. The van der Waals surface area contributed by atoms with Gasteiger partial charge < -0.3 is 19.3 Å². The van der Waals surface area contributed by atoms with Gasteiger partial charge in [0.2, 0.25) is 5.88 Å². The lowest BCUT2D eigenvalue weighted by molar-refractivity contribution is -0.244. The van der Waals surface area contributed by atoms with Gasteiger partial charge in [-0.2, -0.15) is 0 Å². The molecule has 36 heavy (non-hydrogen) atoms. The molecule has 1 saturated heterocycles. The summed E-state index contributed by atoms with van der Waals surface area (Å²) in [5, 5.41) is 1.65. The maximum atomic E-state index is 13.5. The molecule has 1 amide bonds. The Kier molecular flexibility index (Phi) is 6.82. The monoisotopic (exact) mass is 492 g/mol. The highest BCUT2D eigenvalue weighted by atomic mass is 16.8. The van der Waals surface area contributed by atoms with Crippen LogP contribution in [-0.2, 0) is 25.5 Å². The van der Waals surface area contributed by atoms with Crippen LogP contribution >= 0.6 is 0 Å². The summed E-state index contributed by atoms with van der Waals surface area (Å²) in [6.07, 6.45) is 6.16. The first-order valence-electron chi connectivity index (χ1n) is 12.4. The number of aryl methyl sites for hydroxylation is 2. The van der Waals surface area contributed by atoms with Crippen molar-refractivity contribution in [3.05, 3.63) is 70.9 Å². The van der Waals surface area contributed by atoms with Gasteiger partial charge in [-0.1, -0.05) is 6.07 Å². The van der Waals surface area contributed by atoms with Crippen molar-refractivity contribution in [1.29, 1.82) is 0 Å². The summed E-state index contributed by atoms with van der Waals surface area (Å²) in [5.41, 5.74) is 5.08. The number of pyridine rings is 1. The predicted octanol–water partition coefficient (Wildman–Crippen LogP) is 3.35. The summed E-state index contributed by atoms with van der Waals surface area (Å²) < 4.78 is 10.4. The third-order valence-corrected chi connectivity index (χ3v) is 7.41. The second-order valence-corrected chi connectivity index (χ2v) is 9.50. The molecule has 0 radical (unpaired) electrons. The molecule has 2 aliphatic heterocycles. The van der Waals surface area contributed by atoms with Crippen LogP contribution in [-0.4, -0.2) is 66.9 Å². The molecule has 9 heteroatoms. The molecule has 1 aromatic carbocycles. The molecule has 190 valence electrons. The van der Waals surface area contributed by atoms with Gasteiger partial charge in [0, 0.05) is 55.4 Å². The third-order valence-electron chi connectivity index (χ3n) is 7.41. The van der Waals surface area contributed by atoms with Gasteiger partial charge >= 0.3 is 0 Å². The fourth-order valence-electron chi connectivity index (χ4n) is 5.45. The minimum absolute atomic E-state index is 0.0219. The molecular formula is C27H32N4O5. The number of ether oxygens (including phenoxy) is 2. The van der Waals surface area contributed by atoms with Crippen LogP contribution in [0.3, 0.4) is 0 Å². The average Bonchev–Trinajstić information content (AvgIpc) is 3.51. The Morgan fingerprint density at radius 3 is 2.72 bits per heavy atom. The smallest absolute Gasteiger partial charge is 0.295 e. The normalized spacial score (nSPS) is 21.7. The third kappa shape index (κ3) is 4.63. The quantitative estimate of drug-likeness (QED) is 0.544. The van der Waals surface area contributed by atoms with Crippen molar-refractivity contribution >= 4 is 18.1 Å². The molecule has 9 nitrogen and oxygen atoms in total. The maximum Gasteiger partial charge on any atom is 0.295 e. The van der Waals surface area contributed by atoms with Crippen LogP contribution in [0.15, 0.2) is 48.5 Å². The number of piperidine rings is 1. The van der Waals surface area contributed by atoms with Crippen molar-refractivity contribution in [3.8, 4) is 0 Å². The lowest BCUT2D eigenvalue weighted by Gasteiger charge is -2.38. The molecule has 1 unspecified atom stereocenters. The van der Waals surface area contributed by atoms with Crippen molar-refractivity contribution in [3.63, 3.8) is 0 Å². The van der Waals surface area contributed by atoms with E-state index in [-0.39, 0.29) is 18.0 Å². The van der Waals surface area contributed by atoms with Gasteiger partial charge in [0.25, 0.3) is 18.7 Å². The Morgan fingerprint density at radius 1 is 1.19 bits per heavy atom. The lowest BCUT2D eigenvalue weighted by Crippen LogP contribution is -2.45. The Labute approximate surface area is 211 Å². The van der Waals surface area contributed by atoms with E-state index in [9.17, 15) is 9.59 Å². The molecule has 3 aliphatic rings. The fourth-order valence-corrected chi connectivity index (χ4v) is 5.45.